The fourth-order valence-electron chi connectivity index (χ4n) is 2.79. The first-order chi connectivity index (χ1) is 13.0. The van der Waals surface area contributed by atoms with E-state index < -0.39 is 6.10 Å². The number of halogens is 2. The maximum Gasteiger partial charge on any atom is 0.108 e. The van der Waals surface area contributed by atoms with Crippen LogP contribution in [0.25, 0.3) is 6.08 Å². The van der Waals surface area contributed by atoms with Crippen LogP contribution in [0.3, 0.4) is 0 Å². The molecule has 0 aliphatic carbocycles. The summed E-state index contributed by atoms with van der Waals surface area (Å²) in [7, 11) is 0. The molecule has 2 N–H and O–H groups in total. The lowest BCUT2D eigenvalue weighted by Crippen LogP contribution is -2.13. The molecule has 1 atom stereocenters. The SMILES string of the molecule is Cc1cccc(C=C(C(=N)c2ccc(Cl)cc2Cl)C(O)c2cccnc2)c1. The average molecular weight is 397 g/mol. The third kappa shape index (κ3) is 4.64. The lowest BCUT2D eigenvalue weighted by Gasteiger charge is -2.18. The van der Waals surface area contributed by atoms with Crippen LogP contribution in [-0.4, -0.2) is 15.8 Å². The molecule has 2 aromatic carbocycles. The number of hydrogen-bond acceptors (Lipinski definition) is 3. The Kier molecular flexibility index (Phi) is 6.07. The van der Waals surface area contributed by atoms with Crippen molar-refractivity contribution in [3.8, 4) is 0 Å². The minimum atomic E-state index is -1.02. The first-order valence-electron chi connectivity index (χ1n) is 8.36. The Morgan fingerprint density at radius 3 is 2.59 bits per heavy atom. The maximum absolute atomic E-state index is 11.0. The minimum absolute atomic E-state index is 0.134. The molecule has 1 aromatic heterocycles. The molecule has 0 fully saturated rings. The summed E-state index contributed by atoms with van der Waals surface area (Å²) < 4.78 is 0. The number of nitrogens with zero attached hydrogens (tertiary/aromatic N) is 1. The van der Waals surface area contributed by atoms with Crippen LogP contribution in [0.1, 0.15) is 28.4 Å². The number of aromatic nitrogens is 1. The van der Waals surface area contributed by atoms with Crippen LogP contribution in [0.5, 0.6) is 0 Å². The number of benzene rings is 2. The van der Waals surface area contributed by atoms with Crippen LogP contribution in [0, 0.1) is 12.3 Å². The number of rotatable bonds is 5. The van der Waals surface area contributed by atoms with Crippen molar-refractivity contribution in [1.82, 2.24) is 4.98 Å². The van der Waals surface area contributed by atoms with Crippen molar-refractivity contribution >= 4 is 35.0 Å². The van der Waals surface area contributed by atoms with E-state index in [0.29, 0.717) is 26.7 Å². The van der Waals surface area contributed by atoms with Gasteiger partial charge in [-0.05, 0) is 42.8 Å². The summed E-state index contributed by atoms with van der Waals surface area (Å²) in [6.07, 6.45) is 4.02. The molecule has 0 saturated carbocycles. The Hall–Kier alpha value is -2.46. The topological polar surface area (TPSA) is 57.0 Å². The van der Waals surface area contributed by atoms with E-state index in [9.17, 15) is 5.11 Å². The largest absolute Gasteiger partial charge is 0.384 e. The predicted octanol–water partition coefficient (Wildman–Crippen LogP) is 5.88. The fourth-order valence-corrected chi connectivity index (χ4v) is 3.30. The number of nitrogens with one attached hydrogen (secondary N) is 1. The van der Waals surface area contributed by atoms with Gasteiger partial charge in [-0.3, -0.25) is 10.4 Å². The highest BCUT2D eigenvalue weighted by Gasteiger charge is 2.21. The van der Waals surface area contributed by atoms with Gasteiger partial charge in [-0.1, -0.05) is 59.1 Å². The summed E-state index contributed by atoms with van der Waals surface area (Å²) in [4.78, 5) is 4.07. The number of hydrogen-bond donors (Lipinski definition) is 2. The van der Waals surface area contributed by atoms with E-state index in [-0.39, 0.29) is 5.71 Å². The molecule has 0 bridgehead atoms. The van der Waals surface area contributed by atoms with Crippen LogP contribution in [-0.2, 0) is 0 Å². The Labute approximate surface area is 168 Å². The second-order valence-corrected chi connectivity index (χ2v) is 7.05. The molecule has 0 spiro atoms. The molecule has 0 saturated heterocycles. The van der Waals surface area contributed by atoms with Gasteiger partial charge in [0.05, 0.1) is 10.7 Å². The van der Waals surface area contributed by atoms with Gasteiger partial charge in [0.1, 0.15) is 6.10 Å². The van der Waals surface area contributed by atoms with Crippen LogP contribution < -0.4 is 0 Å². The molecule has 136 valence electrons. The van der Waals surface area contributed by atoms with Gasteiger partial charge in [0.15, 0.2) is 0 Å². The highest BCUT2D eigenvalue weighted by molar-refractivity contribution is 6.37. The zero-order chi connectivity index (χ0) is 19.4. The van der Waals surface area contributed by atoms with Crippen molar-refractivity contribution in [2.24, 2.45) is 0 Å². The molecule has 3 nitrogen and oxygen atoms in total. The van der Waals surface area contributed by atoms with Gasteiger partial charge in [-0.25, -0.2) is 0 Å². The van der Waals surface area contributed by atoms with Crippen molar-refractivity contribution in [2.45, 2.75) is 13.0 Å². The highest BCUT2D eigenvalue weighted by atomic mass is 35.5. The van der Waals surface area contributed by atoms with E-state index in [1.54, 1.807) is 48.8 Å². The summed E-state index contributed by atoms with van der Waals surface area (Å²) in [5.41, 5.74) is 3.65. The zero-order valence-corrected chi connectivity index (χ0v) is 16.2. The van der Waals surface area contributed by atoms with E-state index in [0.717, 1.165) is 11.1 Å². The minimum Gasteiger partial charge on any atom is -0.384 e. The first-order valence-corrected chi connectivity index (χ1v) is 9.12. The number of aliphatic hydroxyl groups is 1. The third-order valence-electron chi connectivity index (χ3n) is 4.15. The number of pyridine rings is 1. The first kappa shape index (κ1) is 19.3. The van der Waals surface area contributed by atoms with Gasteiger partial charge in [0.2, 0.25) is 0 Å². The smallest absolute Gasteiger partial charge is 0.108 e. The van der Waals surface area contributed by atoms with Crippen molar-refractivity contribution in [3.63, 3.8) is 0 Å². The highest BCUT2D eigenvalue weighted by Crippen LogP contribution is 2.30. The van der Waals surface area contributed by atoms with Crippen molar-refractivity contribution in [3.05, 3.63) is 105 Å². The van der Waals surface area contributed by atoms with E-state index in [4.69, 9.17) is 28.6 Å². The lowest BCUT2D eigenvalue weighted by atomic mass is 9.92. The molecular formula is C22H18Cl2N2O. The van der Waals surface area contributed by atoms with Crippen LogP contribution in [0.15, 0.2) is 72.6 Å². The van der Waals surface area contributed by atoms with Crippen LogP contribution >= 0.6 is 23.2 Å². The Balaban J connectivity index is 2.10. The molecule has 3 rings (SSSR count). The quantitative estimate of drug-likeness (QED) is 0.528. The second kappa shape index (κ2) is 8.49. The molecule has 5 heteroatoms. The molecule has 0 aliphatic heterocycles. The van der Waals surface area contributed by atoms with Gasteiger partial charge in [-0.2, -0.15) is 0 Å². The molecule has 1 unspecified atom stereocenters. The average Bonchev–Trinajstić information content (AvgIpc) is 2.66. The Morgan fingerprint density at radius 1 is 1.11 bits per heavy atom. The number of aryl methyl sites for hydroxylation is 1. The molecule has 27 heavy (non-hydrogen) atoms. The van der Waals surface area contributed by atoms with Gasteiger partial charge in [-0.15, -0.1) is 0 Å². The summed E-state index contributed by atoms with van der Waals surface area (Å²) in [5.74, 6) is 0. The molecule has 0 aliphatic rings. The van der Waals surface area contributed by atoms with Gasteiger partial charge < -0.3 is 5.11 Å². The summed E-state index contributed by atoms with van der Waals surface area (Å²) in [6, 6.07) is 16.3. The molecule has 0 amide bonds. The summed E-state index contributed by atoms with van der Waals surface area (Å²) in [5, 5.41) is 20.5. The van der Waals surface area contributed by atoms with E-state index in [1.807, 2.05) is 31.2 Å². The summed E-state index contributed by atoms with van der Waals surface area (Å²) >= 11 is 12.3. The monoisotopic (exact) mass is 396 g/mol. The van der Waals surface area contributed by atoms with Crippen LogP contribution in [0.2, 0.25) is 10.0 Å². The zero-order valence-electron chi connectivity index (χ0n) is 14.7. The lowest BCUT2D eigenvalue weighted by molar-refractivity contribution is 0.222. The van der Waals surface area contributed by atoms with E-state index in [1.165, 1.54) is 0 Å². The van der Waals surface area contributed by atoms with Gasteiger partial charge in [0, 0.05) is 34.1 Å². The van der Waals surface area contributed by atoms with Crippen LogP contribution in [0.4, 0.5) is 0 Å². The Morgan fingerprint density at radius 2 is 1.93 bits per heavy atom. The fraction of sp³-hybridized carbons (Fsp3) is 0.0909. The van der Waals surface area contributed by atoms with Gasteiger partial charge in [0.25, 0.3) is 0 Å². The maximum atomic E-state index is 11.0. The standard InChI is InChI=1S/C22H18Cl2N2O/c1-14-4-2-5-15(10-14)11-19(22(27)16-6-3-9-26-13-16)21(25)18-8-7-17(23)12-20(18)24/h2-13,22,25,27H,1H3. The van der Waals surface area contributed by atoms with E-state index >= 15 is 0 Å². The van der Waals surface area contributed by atoms with Gasteiger partial charge >= 0.3 is 0 Å². The normalized spacial score (nSPS) is 12.7. The Bertz CT molecular complexity index is 1000. The second-order valence-electron chi connectivity index (χ2n) is 6.20. The predicted molar refractivity (Wildman–Crippen MR) is 112 cm³/mol. The molecule has 0 radical (unpaired) electrons. The molecular weight excluding hydrogens is 379 g/mol. The third-order valence-corrected chi connectivity index (χ3v) is 4.70. The summed E-state index contributed by atoms with van der Waals surface area (Å²) in [6.45, 7) is 2.00. The van der Waals surface area contributed by atoms with Crippen molar-refractivity contribution in [2.75, 3.05) is 0 Å². The van der Waals surface area contributed by atoms with E-state index in [2.05, 4.69) is 4.98 Å². The van der Waals surface area contributed by atoms with Crippen molar-refractivity contribution in [1.29, 1.82) is 5.41 Å². The molecule has 1 heterocycles. The number of aliphatic hydroxyl groups excluding tert-OH is 1. The molecule has 3 aromatic rings. The van der Waals surface area contributed by atoms with Crippen molar-refractivity contribution < 1.29 is 5.11 Å².